The zero-order chi connectivity index (χ0) is 51.8. The van der Waals surface area contributed by atoms with Gasteiger partial charge in [-0.3, -0.25) is 4.79 Å². The molecule has 0 radical (unpaired) electrons. The fraction of sp³-hybridized carbons (Fsp3) is 0.833. The van der Waals surface area contributed by atoms with Crippen LogP contribution in [0.4, 0.5) is 0 Å². The van der Waals surface area contributed by atoms with E-state index in [0.717, 1.165) is 0 Å². The molecule has 0 saturated carbocycles. The molecule has 0 spiro atoms. The average molecular weight is 1000 g/mol. The van der Waals surface area contributed by atoms with Gasteiger partial charge >= 0.3 is 5.97 Å². The van der Waals surface area contributed by atoms with Crippen LogP contribution in [0.5, 0.6) is 0 Å². The Balaban J connectivity index is 1.22. The highest BCUT2D eigenvalue weighted by Gasteiger charge is 2.55. The third-order valence-electron chi connectivity index (χ3n) is 15.4. The lowest BCUT2D eigenvalue weighted by atomic mass is 9.81. The van der Waals surface area contributed by atoms with Gasteiger partial charge in [0.25, 0.3) is 0 Å². The normalized spacial score (nSPS) is 43.7. The standard InChI is InChI=1S/C48H73N9O14/c1-13-30-21(4)22(5)33(52-55-49)45(63-30)70-40-25(8)36(59)47(71-42(40)27(10)58)68-38-24(7)35(54-57-51)46(65-32(38)15-3)67-37-26(9)41(66-43(60)29-19-17-16-18-20-29)48(62-28(37)11)69-39-23(6)34(53-56-50)44(61-12)64-31(39)14-2/h16-26,28,30-42,44-48,59H,13-15H2,1-12H3/t21-,22+,23-,24-,25-,26+,28?,30+,31?,32?,33?,34?,35?,36?,37-,38-,39-,40-,41?,42+,44-,45+,46+,47-,48+/m1/s1. The number of esters is 1. The van der Waals surface area contributed by atoms with Gasteiger partial charge in [0.2, 0.25) is 0 Å². The lowest BCUT2D eigenvalue weighted by molar-refractivity contribution is -0.360. The Labute approximate surface area is 414 Å². The van der Waals surface area contributed by atoms with Gasteiger partial charge in [-0.1, -0.05) is 95.9 Å². The summed E-state index contributed by atoms with van der Waals surface area (Å²) < 4.78 is 70.4. The lowest BCUT2D eigenvalue weighted by Gasteiger charge is -2.51. The Morgan fingerprint density at radius 3 is 1.56 bits per heavy atom. The van der Waals surface area contributed by atoms with Crippen molar-refractivity contribution in [2.24, 2.45) is 50.9 Å². The van der Waals surface area contributed by atoms with E-state index in [-0.39, 0.29) is 23.7 Å². The first-order chi connectivity index (χ1) is 34.0. The van der Waals surface area contributed by atoms with Crippen LogP contribution in [-0.2, 0) is 56.9 Å². The minimum absolute atomic E-state index is 0.0658. The summed E-state index contributed by atoms with van der Waals surface area (Å²) in [5.74, 6) is -3.43. The monoisotopic (exact) mass is 1000 g/mol. The van der Waals surface area contributed by atoms with E-state index >= 15 is 0 Å². The van der Waals surface area contributed by atoms with Crippen LogP contribution in [-0.4, -0.2) is 141 Å². The summed E-state index contributed by atoms with van der Waals surface area (Å²) in [6, 6.07) is 6.06. The molecule has 5 aliphatic rings. The molecule has 5 saturated heterocycles. The number of benzene rings is 1. The molecule has 25 atom stereocenters. The molecular formula is C48H73N9O14. The molecule has 1 aromatic rings. The van der Waals surface area contributed by atoms with Gasteiger partial charge in [-0.25, -0.2) is 4.79 Å². The Bertz CT molecular complexity index is 2080. The number of rotatable bonds is 18. The highest BCUT2D eigenvalue weighted by atomic mass is 16.8. The van der Waals surface area contributed by atoms with Gasteiger partial charge in [0.05, 0.1) is 72.5 Å². The highest BCUT2D eigenvalue weighted by Crippen LogP contribution is 2.43. The molecule has 8 unspecified atom stereocenters. The van der Waals surface area contributed by atoms with E-state index < -0.39 is 140 Å². The van der Waals surface area contributed by atoms with Crippen LogP contribution >= 0.6 is 0 Å². The molecule has 23 nitrogen and oxygen atoms in total. The van der Waals surface area contributed by atoms with Crippen molar-refractivity contribution in [1.82, 2.24) is 0 Å². The fourth-order valence-corrected chi connectivity index (χ4v) is 10.9. The van der Waals surface area contributed by atoms with Crippen molar-refractivity contribution in [2.45, 2.75) is 212 Å². The molecule has 5 aliphatic heterocycles. The number of ether oxygens (including phenoxy) is 11. The maximum atomic E-state index is 13.8. The number of ketones is 1. The molecule has 394 valence electrons. The van der Waals surface area contributed by atoms with Crippen molar-refractivity contribution >= 4 is 11.8 Å². The predicted molar refractivity (Wildman–Crippen MR) is 252 cm³/mol. The summed E-state index contributed by atoms with van der Waals surface area (Å²) in [5.41, 5.74) is 29.1. The molecule has 0 amide bonds. The van der Waals surface area contributed by atoms with Gasteiger partial charge in [0.15, 0.2) is 43.3 Å². The number of methoxy groups -OCH3 is 1. The molecule has 0 aliphatic carbocycles. The third-order valence-corrected chi connectivity index (χ3v) is 15.4. The number of carbonyl (C=O) groups is 2. The maximum Gasteiger partial charge on any atom is 0.338 e. The van der Waals surface area contributed by atoms with Crippen molar-refractivity contribution in [2.75, 3.05) is 7.11 Å². The van der Waals surface area contributed by atoms with E-state index in [2.05, 4.69) is 30.1 Å². The van der Waals surface area contributed by atoms with Gasteiger partial charge in [0.1, 0.15) is 12.2 Å². The van der Waals surface area contributed by atoms with Crippen LogP contribution in [0.1, 0.15) is 106 Å². The summed E-state index contributed by atoms with van der Waals surface area (Å²) in [5, 5.41) is 24.0. The second kappa shape index (κ2) is 25.2. The molecule has 71 heavy (non-hydrogen) atoms. The van der Waals surface area contributed by atoms with Crippen molar-refractivity contribution in [3.63, 3.8) is 0 Å². The molecule has 1 aromatic carbocycles. The molecule has 1 N–H and O–H groups in total. The topological polar surface area (TPSA) is 302 Å². The van der Waals surface area contributed by atoms with Gasteiger partial charge < -0.3 is 57.2 Å². The number of aliphatic hydroxyl groups is 1. The maximum absolute atomic E-state index is 13.8. The molecule has 6 rings (SSSR count). The number of nitrogens with zero attached hydrogens (tertiary/aromatic N) is 9. The van der Waals surface area contributed by atoms with Gasteiger partial charge in [0, 0.05) is 33.7 Å². The average Bonchev–Trinajstić information content (AvgIpc) is 3.36. The van der Waals surface area contributed by atoms with E-state index in [1.54, 1.807) is 44.2 Å². The number of hydrogen-bond donors (Lipinski definition) is 1. The van der Waals surface area contributed by atoms with Gasteiger partial charge in [-0.15, -0.1) is 0 Å². The zero-order valence-corrected chi connectivity index (χ0v) is 42.7. The predicted octanol–water partition coefficient (Wildman–Crippen LogP) is 8.08. The summed E-state index contributed by atoms with van der Waals surface area (Å²) >= 11 is 0. The number of azide groups is 3. The number of aliphatic hydroxyl groups excluding tert-OH is 1. The Kier molecular flexibility index (Phi) is 19.9. The third kappa shape index (κ3) is 12.1. The van der Waals surface area contributed by atoms with E-state index in [9.17, 15) is 31.3 Å². The molecule has 5 fully saturated rings. The molecule has 23 heteroatoms. The van der Waals surface area contributed by atoms with E-state index in [4.69, 9.17) is 52.1 Å². The second-order valence-electron chi connectivity index (χ2n) is 19.7. The molecular weight excluding hydrogens is 927 g/mol. The van der Waals surface area contributed by atoms with Gasteiger partial charge in [-0.05, 0) is 85.5 Å². The first-order valence-electron chi connectivity index (χ1n) is 25.0. The van der Waals surface area contributed by atoms with Crippen LogP contribution < -0.4 is 0 Å². The molecule has 0 bridgehead atoms. The van der Waals surface area contributed by atoms with E-state index in [1.807, 2.05) is 55.4 Å². The minimum atomic E-state index is -1.34. The van der Waals surface area contributed by atoms with Crippen LogP contribution in [0.25, 0.3) is 31.3 Å². The van der Waals surface area contributed by atoms with Gasteiger partial charge in [-0.2, -0.15) is 0 Å². The second-order valence-corrected chi connectivity index (χ2v) is 19.7. The summed E-state index contributed by atoms with van der Waals surface area (Å²) in [6.07, 6.45) is -12.9. The van der Waals surface area contributed by atoms with E-state index in [1.165, 1.54) is 14.0 Å². The Hall–Kier alpha value is -4.15. The van der Waals surface area contributed by atoms with Crippen LogP contribution in [0.15, 0.2) is 45.7 Å². The number of Topliss-reactive ketones (excluding diaryl/α,β-unsaturated/α-hetero) is 1. The van der Waals surface area contributed by atoms with E-state index in [0.29, 0.717) is 24.8 Å². The van der Waals surface area contributed by atoms with Crippen molar-refractivity contribution in [3.8, 4) is 0 Å². The summed E-state index contributed by atoms with van der Waals surface area (Å²) in [6.45, 7) is 20.2. The smallest absolute Gasteiger partial charge is 0.338 e. The van der Waals surface area contributed by atoms with Crippen molar-refractivity contribution < 1.29 is 66.8 Å². The highest BCUT2D eigenvalue weighted by molar-refractivity contribution is 5.89. The summed E-state index contributed by atoms with van der Waals surface area (Å²) in [7, 11) is 1.48. The largest absolute Gasteiger partial charge is 0.453 e. The first-order valence-corrected chi connectivity index (χ1v) is 25.0. The fourth-order valence-electron chi connectivity index (χ4n) is 10.9. The van der Waals surface area contributed by atoms with Crippen molar-refractivity contribution in [3.05, 3.63) is 67.2 Å². The van der Waals surface area contributed by atoms with Crippen LogP contribution in [0.3, 0.4) is 0 Å². The quantitative estimate of drug-likeness (QED) is 0.0629. The number of hydrogen-bond acceptors (Lipinski definition) is 17. The molecule has 0 aromatic heterocycles. The van der Waals surface area contributed by atoms with Crippen LogP contribution in [0.2, 0.25) is 0 Å². The SMILES string of the molecule is CCC1O[C@@H](O[C@H]2C(C)O[C@@H](O[C@H]3C(CC)O[C@@H](OC)C(N=[N+]=[N-])[C@H]3C)C(OC(=O)c3ccccc3)[C@H]2C)C(N=[N+]=[N-])[C@@H](C)[C@H]1O[C@@H]1O[C@@H](C(C)=O)[C@H](O[C@@H]2O[C@@H](CC)[C@H](C)[C@H](C)C2N=[N+]=[N-])[C@H](C)C1O. The summed E-state index contributed by atoms with van der Waals surface area (Å²) in [4.78, 5) is 36.4. The Morgan fingerprint density at radius 1 is 0.563 bits per heavy atom. The van der Waals surface area contributed by atoms with Crippen LogP contribution in [0, 0.1) is 35.5 Å². The Morgan fingerprint density at radius 2 is 1.04 bits per heavy atom. The minimum Gasteiger partial charge on any atom is -0.453 e. The number of carbonyl (C=O) groups excluding carboxylic acids is 2. The first kappa shape index (κ1) is 56.2. The lowest BCUT2D eigenvalue weighted by Crippen LogP contribution is -2.63. The zero-order valence-electron chi connectivity index (χ0n) is 42.7. The van der Waals surface area contributed by atoms with Crippen molar-refractivity contribution in [1.29, 1.82) is 0 Å². The molecule has 5 heterocycles.